The molecule has 3 rings (SSSR count). The van der Waals surface area contributed by atoms with Crippen LogP contribution in [0.25, 0.3) is 11.1 Å². The van der Waals surface area contributed by atoms with Crippen molar-refractivity contribution >= 4 is 41.0 Å². The van der Waals surface area contributed by atoms with E-state index in [0.717, 1.165) is 15.9 Å². The summed E-state index contributed by atoms with van der Waals surface area (Å²) in [5, 5.41) is 12.7. The Labute approximate surface area is 160 Å². The number of carbonyl (C=O) groups is 2. The molecule has 27 heavy (non-hydrogen) atoms. The van der Waals surface area contributed by atoms with E-state index in [4.69, 9.17) is 0 Å². The second kappa shape index (κ2) is 7.76. The van der Waals surface area contributed by atoms with Crippen LogP contribution in [0.4, 0.5) is 9.39 Å². The van der Waals surface area contributed by atoms with Crippen molar-refractivity contribution in [2.75, 3.05) is 5.32 Å². The van der Waals surface area contributed by atoms with E-state index in [1.807, 2.05) is 45.3 Å². The van der Waals surface area contributed by atoms with Crippen LogP contribution in [0.5, 0.6) is 0 Å². The van der Waals surface area contributed by atoms with Gasteiger partial charge in [-0.2, -0.15) is 0 Å². The normalized spacial score (nSPS) is 10.5. The SMILES string of the molecule is C[B]c1ccc(-c2c(C)sc(NC(=O)c3ccc(F)cc3)c2C(=O)O)cc1. The van der Waals surface area contributed by atoms with E-state index in [0.29, 0.717) is 5.56 Å². The highest BCUT2D eigenvalue weighted by Crippen LogP contribution is 2.39. The summed E-state index contributed by atoms with van der Waals surface area (Å²) >= 11 is 1.21. The topological polar surface area (TPSA) is 66.4 Å². The quantitative estimate of drug-likeness (QED) is 0.653. The van der Waals surface area contributed by atoms with Gasteiger partial charge in [0, 0.05) is 16.0 Å². The largest absolute Gasteiger partial charge is 0.478 e. The van der Waals surface area contributed by atoms with Gasteiger partial charge in [-0.3, -0.25) is 4.79 Å². The number of halogens is 1. The van der Waals surface area contributed by atoms with Crippen molar-refractivity contribution in [2.45, 2.75) is 13.7 Å². The molecule has 0 aliphatic carbocycles. The van der Waals surface area contributed by atoms with Gasteiger partial charge in [0.15, 0.2) is 0 Å². The van der Waals surface area contributed by atoms with Crippen molar-refractivity contribution < 1.29 is 19.1 Å². The third-order valence-corrected chi connectivity index (χ3v) is 5.18. The number of carbonyl (C=O) groups excluding carboxylic acids is 1. The summed E-state index contributed by atoms with van der Waals surface area (Å²) in [5.41, 5.74) is 2.70. The molecule has 1 amide bonds. The van der Waals surface area contributed by atoms with E-state index in [9.17, 15) is 19.1 Å². The fraction of sp³-hybridized carbons (Fsp3) is 0.100. The molecule has 1 heterocycles. The second-order valence-electron chi connectivity index (χ2n) is 5.91. The van der Waals surface area contributed by atoms with Gasteiger partial charge in [0.25, 0.3) is 5.91 Å². The summed E-state index contributed by atoms with van der Waals surface area (Å²) in [5.74, 6) is -2.05. The highest BCUT2D eigenvalue weighted by atomic mass is 32.1. The molecule has 0 aliphatic heterocycles. The zero-order valence-electron chi connectivity index (χ0n) is 14.7. The molecule has 135 valence electrons. The molecule has 0 fully saturated rings. The lowest BCUT2D eigenvalue weighted by Crippen LogP contribution is -2.13. The van der Waals surface area contributed by atoms with Crippen molar-refractivity contribution in [3.05, 3.63) is 70.4 Å². The lowest BCUT2D eigenvalue weighted by molar-refractivity contribution is 0.0699. The highest BCUT2D eigenvalue weighted by molar-refractivity contribution is 7.17. The molecule has 0 unspecified atom stereocenters. The number of nitrogens with one attached hydrogen (secondary N) is 1. The Bertz CT molecular complexity index is 997. The molecule has 2 aromatic carbocycles. The molecule has 0 atom stereocenters. The van der Waals surface area contributed by atoms with Gasteiger partial charge < -0.3 is 10.4 Å². The van der Waals surface area contributed by atoms with Crippen LogP contribution in [-0.2, 0) is 0 Å². The van der Waals surface area contributed by atoms with Crippen LogP contribution in [0.15, 0.2) is 48.5 Å². The van der Waals surface area contributed by atoms with Crippen molar-refractivity contribution in [2.24, 2.45) is 0 Å². The van der Waals surface area contributed by atoms with Crippen molar-refractivity contribution in [3.8, 4) is 11.1 Å². The minimum atomic E-state index is -1.12. The summed E-state index contributed by atoms with van der Waals surface area (Å²) in [6, 6.07) is 12.6. The lowest BCUT2D eigenvalue weighted by Gasteiger charge is -2.07. The summed E-state index contributed by atoms with van der Waals surface area (Å²) < 4.78 is 13.0. The van der Waals surface area contributed by atoms with Gasteiger partial charge in [0.1, 0.15) is 23.7 Å². The molecule has 3 aromatic rings. The second-order valence-corrected chi connectivity index (χ2v) is 7.14. The van der Waals surface area contributed by atoms with Crippen molar-refractivity contribution in [3.63, 3.8) is 0 Å². The molecule has 0 saturated carbocycles. The van der Waals surface area contributed by atoms with Gasteiger partial charge in [-0.1, -0.05) is 36.6 Å². The van der Waals surface area contributed by atoms with Gasteiger partial charge in [-0.05, 0) is 36.8 Å². The van der Waals surface area contributed by atoms with Crippen molar-refractivity contribution in [1.82, 2.24) is 0 Å². The number of amides is 1. The Kier molecular flexibility index (Phi) is 5.42. The maximum atomic E-state index is 13.0. The van der Waals surface area contributed by atoms with E-state index < -0.39 is 17.7 Å². The van der Waals surface area contributed by atoms with Crippen LogP contribution in [0.2, 0.25) is 6.82 Å². The number of rotatable bonds is 5. The number of hydrogen-bond acceptors (Lipinski definition) is 3. The molecule has 0 bridgehead atoms. The third-order valence-electron chi connectivity index (χ3n) is 4.16. The monoisotopic (exact) mass is 380 g/mol. The lowest BCUT2D eigenvalue weighted by atomic mass is 9.73. The number of aromatic carboxylic acids is 1. The number of anilines is 1. The van der Waals surface area contributed by atoms with Crippen LogP contribution >= 0.6 is 11.3 Å². The molecular weight excluding hydrogens is 364 g/mol. The first-order valence-corrected chi connectivity index (χ1v) is 9.05. The van der Waals surface area contributed by atoms with Crippen LogP contribution in [0.1, 0.15) is 25.6 Å². The maximum Gasteiger partial charge on any atom is 0.339 e. The van der Waals surface area contributed by atoms with Crippen LogP contribution in [0.3, 0.4) is 0 Å². The first-order chi connectivity index (χ1) is 12.9. The Morgan fingerprint density at radius 1 is 1.07 bits per heavy atom. The smallest absolute Gasteiger partial charge is 0.339 e. The Morgan fingerprint density at radius 3 is 2.26 bits per heavy atom. The predicted molar refractivity (Wildman–Crippen MR) is 107 cm³/mol. The molecule has 0 saturated heterocycles. The first-order valence-electron chi connectivity index (χ1n) is 8.24. The zero-order chi connectivity index (χ0) is 19.6. The predicted octanol–water partition coefficient (Wildman–Crippen LogP) is 4.19. The minimum Gasteiger partial charge on any atom is -0.478 e. The fourth-order valence-electron chi connectivity index (χ4n) is 2.80. The van der Waals surface area contributed by atoms with Gasteiger partial charge in [-0.15, -0.1) is 11.3 Å². The summed E-state index contributed by atoms with van der Waals surface area (Å²) in [7, 11) is 1.96. The third kappa shape index (κ3) is 3.93. The van der Waals surface area contributed by atoms with Gasteiger partial charge in [0.05, 0.1) is 0 Å². The molecule has 0 aliphatic rings. The zero-order valence-corrected chi connectivity index (χ0v) is 15.6. The summed E-state index contributed by atoms with van der Waals surface area (Å²) in [6.45, 7) is 3.75. The molecule has 1 aromatic heterocycles. The summed E-state index contributed by atoms with van der Waals surface area (Å²) in [6.07, 6.45) is 0. The number of aryl methyl sites for hydroxylation is 1. The van der Waals surface area contributed by atoms with E-state index in [1.54, 1.807) is 0 Å². The standard InChI is InChI=1S/C20H16BFNO3S/c1-11-16(12-3-7-14(21-2)8-4-12)17(20(25)26)19(27-11)23-18(24)13-5-9-15(22)10-6-13/h3-10H,1-2H3,(H,23,24)(H,25,26). The molecule has 0 spiro atoms. The summed E-state index contributed by atoms with van der Waals surface area (Å²) in [4.78, 5) is 25.1. The Morgan fingerprint density at radius 2 is 1.70 bits per heavy atom. The van der Waals surface area contributed by atoms with Crippen LogP contribution in [-0.4, -0.2) is 24.3 Å². The molecule has 2 N–H and O–H groups in total. The number of benzene rings is 2. The molecule has 4 nitrogen and oxygen atoms in total. The molecular formula is C20H16BFNO3S. The number of thiophene rings is 1. The van der Waals surface area contributed by atoms with E-state index in [-0.39, 0.29) is 16.1 Å². The Hall–Kier alpha value is -2.93. The van der Waals surface area contributed by atoms with Gasteiger partial charge in [-0.25, -0.2) is 9.18 Å². The highest BCUT2D eigenvalue weighted by Gasteiger charge is 2.24. The number of carboxylic acids is 1. The van der Waals surface area contributed by atoms with E-state index in [2.05, 4.69) is 5.32 Å². The number of hydrogen-bond donors (Lipinski definition) is 2. The number of carboxylic acid groups (broad SMARTS) is 1. The maximum absolute atomic E-state index is 13.0. The van der Waals surface area contributed by atoms with Gasteiger partial charge >= 0.3 is 5.97 Å². The minimum absolute atomic E-state index is 0.0567. The van der Waals surface area contributed by atoms with E-state index >= 15 is 0 Å². The van der Waals surface area contributed by atoms with E-state index in [1.165, 1.54) is 35.6 Å². The average molecular weight is 380 g/mol. The first kappa shape index (κ1) is 18.9. The van der Waals surface area contributed by atoms with Crippen LogP contribution in [0, 0.1) is 12.7 Å². The fourth-order valence-corrected chi connectivity index (χ4v) is 3.87. The molecule has 1 radical (unpaired) electrons. The van der Waals surface area contributed by atoms with Crippen LogP contribution < -0.4 is 10.8 Å². The van der Waals surface area contributed by atoms with Gasteiger partial charge in [0.2, 0.25) is 0 Å². The molecule has 7 heteroatoms. The average Bonchev–Trinajstić information content (AvgIpc) is 2.98. The van der Waals surface area contributed by atoms with Crippen molar-refractivity contribution in [1.29, 1.82) is 0 Å². The Balaban J connectivity index is 2.00.